The van der Waals surface area contributed by atoms with E-state index in [-0.39, 0.29) is 12.2 Å². The van der Waals surface area contributed by atoms with Crippen molar-refractivity contribution in [2.75, 3.05) is 6.61 Å². The van der Waals surface area contributed by atoms with Gasteiger partial charge in [0.15, 0.2) is 4.80 Å². The zero-order valence-corrected chi connectivity index (χ0v) is 27.1. The Kier molecular flexibility index (Phi) is 7.55. The third kappa shape index (κ3) is 5.01. The number of thiazole rings is 1. The first-order valence-electron chi connectivity index (χ1n) is 14.4. The Morgan fingerprint density at radius 3 is 2.50 bits per heavy atom. The average Bonchev–Trinajstić information content (AvgIpc) is 3.53. The molecule has 0 spiro atoms. The molecule has 0 aliphatic carbocycles. The van der Waals surface area contributed by atoms with Crippen LogP contribution in [0.4, 0.5) is 0 Å². The summed E-state index contributed by atoms with van der Waals surface area (Å²) in [6.45, 7) is 4.55. The molecule has 0 amide bonds. The summed E-state index contributed by atoms with van der Waals surface area (Å²) in [7, 11) is 0. The second kappa shape index (κ2) is 11.7. The minimum Gasteiger partial charge on any atom is -0.463 e. The minimum absolute atomic E-state index is 0.185. The molecule has 2 aromatic heterocycles. The second-order valence-corrected chi connectivity index (χ2v) is 13.0. The summed E-state index contributed by atoms with van der Waals surface area (Å²) in [5, 5.41) is 3.08. The number of hydrogen-bond acceptors (Lipinski definition) is 5. The molecule has 6 aromatic rings. The molecular formula is C36H28IN3O3S. The summed E-state index contributed by atoms with van der Waals surface area (Å²) in [6.07, 6.45) is 4.07. The molecule has 8 heteroatoms. The van der Waals surface area contributed by atoms with E-state index in [9.17, 15) is 9.59 Å². The Labute approximate surface area is 271 Å². The fraction of sp³-hybridized carbons (Fsp3) is 0.139. The number of ether oxygens (including phenoxy) is 1. The molecule has 1 unspecified atom stereocenters. The fourth-order valence-electron chi connectivity index (χ4n) is 6.02. The van der Waals surface area contributed by atoms with Crippen LogP contribution in [0.5, 0.6) is 0 Å². The number of carbonyl (C=O) groups excluding carboxylic acids is 1. The number of nitrogens with zero attached hydrogens (tertiary/aromatic N) is 3. The Morgan fingerprint density at radius 2 is 1.70 bits per heavy atom. The van der Waals surface area contributed by atoms with Crippen LogP contribution in [0.3, 0.4) is 0 Å². The fourth-order valence-corrected chi connectivity index (χ4v) is 7.42. The molecule has 3 heterocycles. The van der Waals surface area contributed by atoms with Crippen LogP contribution in [0.15, 0.2) is 118 Å². The van der Waals surface area contributed by atoms with Crippen molar-refractivity contribution in [3.05, 3.63) is 148 Å². The van der Waals surface area contributed by atoms with Crippen LogP contribution in [0, 0.1) is 3.57 Å². The number of benzene rings is 4. The van der Waals surface area contributed by atoms with Crippen LogP contribution in [0.2, 0.25) is 0 Å². The number of para-hydroxylation sites is 1. The van der Waals surface area contributed by atoms with Crippen molar-refractivity contribution in [3.63, 3.8) is 0 Å². The first-order chi connectivity index (χ1) is 21.4. The molecule has 6 nitrogen and oxygen atoms in total. The molecule has 0 saturated carbocycles. The van der Waals surface area contributed by atoms with Crippen molar-refractivity contribution in [1.82, 2.24) is 9.13 Å². The normalized spacial score (nSPS) is 15.1. The van der Waals surface area contributed by atoms with Crippen molar-refractivity contribution in [2.24, 2.45) is 4.99 Å². The number of allylic oxidation sites excluding steroid dienone is 1. The first-order valence-corrected chi connectivity index (χ1v) is 16.3. The molecule has 0 fully saturated rings. The lowest BCUT2D eigenvalue weighted by molar-refractivity contribution is -0.139. The monoisotopic (exact) mass is 709 g/mol. The molecule has 1 aliphatic rings. The Bertz CT molecular complexity index is 2290. The van der Waals surface area contributed by atoms with Gasteiger partial charge in [-0.15, -0.1) is 0 Å². The van der Waals surface area contributed by atoms with Crippen LogP contribution in [0.25, 0.3) is 27.8 Å². The van der Waals surface area contributed by atoms with E-state index < -0.39 is 12.0 Å². The largest absolute Gasteiger partial charge is 0.463 e. The smallest absolute Gasteiger partial charge is 0.338 e. The summed E-state index contributed by atoms with van der Waals surface area (Å²) >= 11 is 3.66. The number of rotatable bonds is 6. The van der Waals surface area contributed by atoms with Crippen molar-refractivity contribution in [3.8, 4) is 0 Å². The van der Waals surface area contributed by atoms with Crippen LogP contribution >= 0.6 is 33.9 Å². The van der Waals surface area contributed by atoms with Gasteiger partial charge in [0.25, 0.3) is 5.56 Å². The summed E-state index contributed by atoms with van der Waals surface area (Å²) in [5.41, 5.74) is 4.88. The Hall–Kier alpha value is -4.28. The van der Waals surface area contributed by atoms with E-state index >= 15 is 0 Å². The molecular weight excluding hydrogens is 681 g/mol. The molecule has 0 saturated heterocycles. The van der Waals surface area contributed by atoms with E-state index in [4.69, 9.17) is 9.73 Å². The van der Waals surface area contributed by atoms with E-state index in [1.165, 1.54) is 20.5 Å². The number of aromatic nitrogens is 2. The maximum absolute atomic E-state index is 14.3. The lowest BCUT2D eigenvalue weighted by atomic mass is 9.91. The summed E-state index contributed by atoms with van der Waals surface area (Å²) in [5.74, 6) is -0.459. The molecule has 218 valence electrons. The quantitative estimate of drug-likeness (QED) is 0.146. The number of hydrogen-bond donors (Lipinski definition) is 0. The maximum Gasteiger partial charge on any atom is 0.338 e. The summed E-state index contributed by atoms with van der Waals surface area (Å²) in [6, 6.07) is 30.1. The third-order valence-corrected chi connectivity index (χ3v) is 9.71. The van der Waals surface area contributed by atoms with Gasteiger partial charge in [-0.2, -0.15) is 0 Å². The predicted molar refractivity (Wildman–Crippen MR) is 185 cm³/mol. The van der Waals surface area contributed by atoms with Gasteiger partial charge < -0.3 is 9.30 Å². The lowest BCUT2D eigenvalue weighted by Crippen LogP contribution is -2.40. The molecule has 1 aliphatic heterocycles. The molecule has 0 radical (unpaired) electrons. The zero-order chi connectivity index (χ0) is 30.4. The Balaban J connectivity index is 1.42. The SMILES string of the molecule is CCOC(=O)C1=C(C)N=c2sc(=Cc3cn(Cc4ccc(I)cc4)c4ccccc34)c(=O)n2C1c1cccc2ccccc12. The van der Waals surface area contributed by atoms with Crippen LogP contribution in [-0.4, -0.2) is 21.7 Å². The zero-order valence-electron chi connectivity index (χ0n) is 24.2. The summed E-state index contributed by atoms with van der Waals surface area (Å²) < 4.78 is 11.1. The van der Waals surface area contributed by atoms with Crippen molar-refractivity contribution >= 4 is 67.6 Å². The second-order valence-electron chi connectivity index (χ2n) is 10.7. The highest BCUT2D eigenvalue weighted by molar-refractivity contribution is 14.1. The predicted octanol–water partition coefficient (Wildman–Crippen LogP) is 6.56. The topological polar surface area (TPSA) is 65.6 Å². The highest BCUT2D eigenvalue weighted by Crippen LogP contribution is 2.35. The van der Waals surface area contributed by atoms with Gasteiger partial charge in [0.2, 0.25) is 0 Å². The van der Waals surface area contributed by atoms with E-state index in [1.54, 1.807) is 11.5 Å². The lowest BCUT2D eigenvalue weighted by Gasteiger charge is -2.25. The number of fused-ring (bicyclic) bond motifs is 3. The van der Waals surface area contributed by atoms with Crippen LogP contribution < -0.4 is 14.9 Å². The number of esters is 1. The van der Waals surface area contributed by atoms with Crippen LogP contribution in [0.1, 0.15) is 36.6 Å². The first kappa shape index (κ1) is 28.5. The van der Waals surface area contributed by atoms with E-state index in [0.29, 0.717) is 20.6 Å². The molecule has 0 bridgehead atoms. The van der Waals surface area contributed by atoms with Gasteiger partial charge in [-0.25, -0.2) is 9.79 Å². The molecule has 7 rings (SSSR count). The number of carbonyl (C=O) groups is 1. The van der Waals surface area contributed by atoms with Crippen molar-refractivity contribution < 1.29 is 9.53 Å². The molecule has 44 heavy (non-hydrogen) atoms. The van der Waals surface area contributed by atoms with Gasteiger partial charge in [0.1, 0.15) is 0 Å². The van der Waals surface area contributed by atoms with Gasteiger partial charge in [-0.3, -0.25) is 9.36 Å². The van der Waals surface area contributed by atoms with E-state index in [0.717, 1.165) is 39.3 Å². The van der Waals surface area contributed by atoms with Crippen molar-refractivity contribution in [1.29, 1.82) is 0 Å². The average molecular weight is 710 g/mol. The van der Waals surface area contributed by atoms with Crippen LogP contribution in [-0.2, 0) is 16.1 Å². The minimum atomic E-state index is -0.666. The molecule has 0 N–H and O–H groups in total. The van der Waals surface area contributed by atoms with E-state index in [1.807, 2.05) is 67.6 Å². The third-order valence-electron chi connectivity index (χ3n) is 8.01. The highest BCUT2D eigenvalue weighted by Gasteiger charge is 2.34. The summed E-state index contributed by atoms with van der Waals surface area (Å²) in [4.78, 5) is 33.1. The standard InChI is InChI=1S/C36H28IN3O3S/c1-3-43-35(42)32-22(2)38-36-40(33(32)29-13-8-10-24-9-4-5-11-27(24)29)34(41)31(44-36)19-25-21-39(30-14-7-6-12-28(25)30)20-23-15-17-26(37)18-16-23/h4-19,21,33H,3,20H2,1-2H3. The number of halogens is 1. The maximum atomic E-state index is 14.3. The highest BCUT2D eigenvalue weighted by atomic mass is 127. The molecule has 4 aromatic carbocycles. The van der Waals surface area contributed by atoms with Crippen molar-refractivity contribution in [2.45, 2.75) is 26.4 Å². The van der Waals surface area contributed by atoms with Gasteiger partial charge >= 0.3 is 5.97 Å². The van der Waals surface area contributed by atoms with Gasteiger partial charge in [0, 0.05) is 32.8 Å². The van der Waals surface area contributed by atoms with E-state index in [2.05, 4.69) is 69.8 Å². The van der Waals surface area contributed by atoms with Gasteiger partial charge in [-0.05, 0) is 82.6 Å². The molecule has 1 atom stereocenters. The van der Waals surface area contributed by atoms with Gasteiger partial charge in [0.05, 0.1) is 28.5 Å². The van der Waals surface area contributed by atoms with Gasteiger partial charge in [-0.1, -0.05) is 84.1 Å². The Morgan fingerprint density at radius 1 is 0.977 bits per heavy atom.